The van der Waals surface area contributed by atoms with Crippen LogP contribution in [0.15, 0.2) is 53.8 Å². The molecule has 0 fully saturated rings. The first-order valence-electron chi connectivity index (χ1n) is 9.02. The molecule has 0 radical (unpaired) electrons. The molecule has 1 aromatic carbocycles. The average Bonchev–Trinajstić information content (AvgIpc) is 2.91. The lowest BCUT2D eigenvalue weighted by molar-refractivity contribution is -0.142. The molecule has 0 unspecified atom stereocenters. The van der Waals surface area contributed by atoms with Gasteiger partial charge in [0.1, 0.15) is 0 Å². The smallest absolute Gasteiger partial charge is 0.310 e. The third-order valence-electron chi connectivity index (χ3n) is 4.24. The van der Waals surface area contributed by atoms with E-state index in [1.807, 2.05) is 19.1 Å². The first kappa shape index (κ1) is 19.0. The monoisotopic (exact) mass is 339 g/mol. The summed E-state index contributed by atoms with van der Waals surface area (Å²) in [5.41, 5.74) is 4.95. The lowest BCUT2D eigenvalue weighted by Gasteiger charge is -2.03. The fourth-order valence-corrected chi connectivity index (χ4v) is 2.93. The highest BCUT2D eigenvalue weighted by atomic mass is 16.5. The molecule has 3 nitrogen and oxygen atoms in total. The number of benzene rings is 1. The molecule has 2 rings (SSSR count). The van der Waals surface area contributed by atoms with Gasteiger partial charge in [0.2, 0.25) is 0 Å². The first-order valence-corrected chi connectivity index (χ1v) is 9.02. The zero-order valence-electron chi connectivity index (χ0n) is 15.8. The van der Waals surface area contributed by atoms with Gasteiger partial charge in [-0.1, -0.05) is 41.5 Å². The van der Waals surface area contributed by atoms with Gasteiger partial charge in [0.05, 0.1) is 13.0 Å². The third kappa shape index (κ3) is 5.63. The van der Waals surface area contributed by atoms with Crippen molar-refractivity contribution in [3.63, 3.8) is 0 Å². The molecule has 0 aliphatic carbocycles. The zero-order valence-corrected chi connectivity index (χ0v) is 15.8. The summed E-state index contributed by atoms with van der Waals surface area (Å²) in [7, 11) is 0. The fraction of sp³-hybridized carbons (Fsp3) is 0.409. The van der Waals surface area contributed by atoms with Gasteiger partial charge < -0.3 is 9.30 Å². The highest BCUT2D eigenvalue weighted by molar-refractivity contribution is 5.88. The maximum Gasteiger partial charge on any atom is 0.310 e. The highest BCUT2D eigenvalue weighted by Crippen LogP contribution is 2.22. The van der Waals surface area contributed by atoms with E-state index in [1.165, 1.54) is 11.1 Å². The number of allylic oxidation sites excluding steroid dienone is 4. The normalized spacial score (nSPS) is 11.6. The van der Waals surface area contributed by atoms with Gasteiger partial charge in [0.25, 0.3) is 0 Å². The van der Waals surface area contributed by atoms with Crippen LogP contribution in [0.5, 0.6) is 0 Å². The van der Waals surface area contributed by atoms with Crippen LogP contribution in [-0.4, -0.2) is 17.1 Å². The Balaban J connectivity index is 2.15. The molecule has 1 aromatic heterocycles. The molecule has 0 aliphatic rings. The zero-order chi connectivity index (χ0) is 18.2. The van der Waals surface area contributed by atoms with E-state index in [1.54, 1.807) is 0 Å². The number of rotatable bonds is 8. The van der Waals surface area contributed by atoms with Crippen LogP contribution in [0.1, 0.15) is 46.1 Å². The van der Waals surface area contributed by atoms with Crippen molar-refractivity contribution in [3.8, 4) is 0 Å². The third-order valence-corrected chi connectivity index (χ3v) is 4.24. The number of carbonyl (C=O) groups is 1. The molecule has 134 valence electrons. The van der Waals surface area contributed by atoms with Gasteiger partial charge in [-0.25, -0.2) is 0 Å². The highest BCUT2D eigenvalue weighted by Gasteiger charge is 2.11. The minimum Gasteiger partial charge on any atom is -0.466 e. The van der Waals surface area contributed by atoms with Crippen molar-refractivity contribution < 1.29 is 9.53 Å². The topological polar surface area (TPSA) is 31.2 Å². The molecule has 0 amide bonds. The van der Waals surface area contributed by atoms with Crippen molar-refractivity contribution in [2.24, 2.45) is 0 Å². The van der Waals surface area contributed by atoms with E-state index in [2.05, 4.69) is 55.8 Å². The van der Waals surface area contributed by atoms with Crippen LogP contribution in [0.2, 0.25) is 0 Å². The van der Waals surface area contributed by atoms with Crippen LogP contribution in [0, 0.1) is 0 Å². The molecule has 2 aromatic rings. The maximum absolute atomic E-state index is 11.9. The van der Waals surface area contributed by atoms with Crippen LogP contribution >= 0.6 is 0 Å². The SMILES string of the molecule is CCOC(=O)Cc1cn(C/C=C(\C)CCC=C(C)C)c2ccccc12. The predicted octanol–water partition coefficient (Wildman–Crippen LogP) is 5.44. The number of esters is 1. The Kier molecular flexibility index (Phi) is 7.05. The maximum atomic E-state index is 11.9. The Morgan fingerprint density at radius 3 is 2.64 bits per heavy atom. The molecule has 0 bridgehead atoms. The summed E-state index contributed by atoms with van der Waals surface area (Å²) in [5.74, 6) is -0.168. The molecule has 0 N–H and O–H groups in total. The minimum absolute atomic E-state index is 0.168. The summed E-state index contributed by atoms with van der Waals surface area (Å²) in [6.45, 7) is 9.54. The molecular formula is C22H29NO2. The van der Waals surface area contributed by atoms with E-state index in [0.29, 0.717) is 13.0 Å². The van der Waals surface area contributed by atoms with Gasteiger partial charge in [-0.3, -0.25) is 4.79 Å². The Hall–Kier alpha value is -2.29. The number of aromatic nitrogens is 1. The van der Waals surface area contributed by atoms with E-state index in [-0.39, 0.29) is 5.97 Å². The van der Waals surface area contributed by atoms with Crippen LogP contribution < -0.4 is 0 Å². The van der Waals surface area contributed by atoms with E-state index in [0.717, 1.165) is 35.9 Å². The van der Waals surface area contributed by atoms with Crippen molar-refractivity contribution in [1.29, 1.82) is 0 Å². The van der Waals surface area contributed by atoms with Gasteiger partial charge in [-0.2, -0.15) is 0 Å². The van der Waals surface area contributed by atoms with Gasteiger partial charge in [0, 0.05) is 23.6 Å². The molecule has 1 heterocycles. The standard InChI is InChI=1S/C22H29NO2/c1-5-25-22(24)15-19-16-23(21-12-7-6-11-20(19)21)14-13-18(4)10-8-9-17(2)3/h6-7,9,11-13,16H,5,8,10,14-15H2,1-4H3/b18-13+. The van der Waals surface area contributed by atoms with Crippen molar-refractivity contribution in [2.75, 3.05) is 6.61 Å². The molecule has 25 heavy (non-hydrogen) atoms. The van der Waals surface area contributed by atoms with E-state index in [4.69, 9.17) is 4.74 Å². The van der Waals surface area contributed by atoms with Gasteiger partial charge in [0.15, 0.2) is 0 Å². The Morgan fingerprint density at radius 2 is 1.92 bits per heavy atom. The number of fused-ring (bicyclic) bond motifs is 1. The molecule has 0 saturated carbocycles. The lowest BCUT2D eigenvalue weighted by Crippen LogP contribution is -2.07. The quantitative estimate of drug-likeness (QED) is 0.474. The summed E-state index contributed by atoms with van der Waals surface area (Å²) in [5, 5.41) is 1.13. The van der Waals surface area contributed by atoms with Crippen LogP contribution in [0.25, 0.3) is 10.9 Å². The lowest BCUT2D eigenvalue weighted by atomic mass is 10.1. The minimum atomic E-state index is -0.168. The molecule has 0 atom stereocenters. The summed E-state index contributed by atoms with van der Waals surface area (Å²) >= 11 is 0. The Bertz CT molecular complexity index is 776. The molecule has 0 spiro atoms. The number of ether oxygens (including phenoxy) is 1. The number of para-hydroxylation sites is 1. The number of carbonyl (C=O) groups excluding carboxylic acids is 1. The molecule has 3 heteroatoms. The molecular weight excluding hydrogens is 310 g/mol. The fourth-order valence-electron chi connectivity index (χ4n) is 2.93. The number of hydrogen-bond acceptors (Lipinski definition) is 2. The van der Waals surface area contributed by atoms with E-state index in [9.17, 15) is 4.79 Å². The second-order valence-electron chi connectivity index (χ2n) is 6.68. The van der Waals surface area contributed by atoms with Crippen molar-refractivity contribution in [2.45, 2.75) is 53.5 Å². The van der Waals surface area contributed by atoms with Crippen LogP contribution in [-0.2, 0) is 22.5 Å². The summed E-state index contributed by atoms with van der Waals surface area (Å²) in [4.78, 5) is 11.9. The first-order chi connectivity index (χ1) is 12.0. The second kappa shape index (κ2) is 9.26. The molecule has 0 aliphatic heterocycles. The predicted molar refractivity (Wildman–Crippen MR) is 105 cm³/mol. The van der Waals surface area contributed by atoms with E-state index < -0.39 is 0 Å². The average molecular weight is 339 g/mol. The summed E-state index contributed by atoms with van der Waals surface area (Å²) in [6.07, 6.45) is 9.14. The van der Waals surface area contributed by atoms with E-state index >= 15 is 0 Å². The van der Waals surface area contributed by atoms with Crippen LogP contribution in [0.4, 0.5) is 0 Å². The van der Waals surface area contributed by atoms with Gasteiger partial charge in [-0.05, 0) is 52.2 Å². The second-order valence-corrected chi connectivity index (χ2v) is 6.68. The summed E-state index contributed by atoms with van der Waals surface area (Å²) < 4.78 is 7.32. The van der Waals surface area contributed by atoms with Gasteiger partial charge >= 0.3 is 5.97 Å². The van der Waals surface area contributed by atoms with Gasteiger partial charge in [-0.15, -0.1) is 0 Å². The van der Waals surface area contributed by atoms with Crippen LogP contribution in [0.3, 0.4) is 0 Å². The number of nitrogens with zero attached hydrogens (tertiary/aromatic N) is 1. The number of hydrogen-bond donors (Lipinski definition) is 0. The van der Waals surface area contributed by atoms with Crippen molar-refractivity contribution >= 4 is 16.9 Å². The Labute approximate surface area is 151 Å². The van der Waals surface area contributed by atoms with Crippen molar-refractivity contribution in [1.82, 2.24) is 4.57 Å². The Morgan fingerprint density at radius 1 is 1.16 bits per heavy atom. The van der Waals surface area contributed by atoms with Crippen molar-refractivity contribution in [3.05, 3.63) is 59.3 Å². The largest absolute Gasteiger partial charge is 0.466 e. The summed E-state index contributed by atoms with van der Waals surface area (Å²) in [6, 6.07) is 8.24. The molecule has 0 saturated heterocycles.